The second-order valence-electron chi connectivity index (χ2n) is 3.61. The van der Waals surface area contributed by atoms with Gasteiger partial charge >= 0.3 is 0 Å². The molecule has 1 aromatic heterocycles. The highest BCUT2D eigenvalue weighted by Gasteiger charge is 2.06. The molecule has 4 nitrogen and oxygen atoms in total. The number of carbonyl (C=O) groups excluding carboxylic acids is 1. The molecule has 17 heavy (non-hydrogen) atoms. The number of aromatic nitrogens is 2. The maximum atomic E-state index is 11.5. The molecular weight excluding hydrogens is 214 g/mol. The van der Waals surface area contributed by atoms with Gasteiger partial charge in [0, 0.05) is 12.7 Å². The lowest BCUT2D eigenvalue weighted by molar-refractivity contribution is -0.121. The van der Waals surface area contributed by atoms with Crippen LogP contribution < -0.4 is 5.32 Å². The van der Waals surface area contributed by atoms with Crippen LogP contribution in [0, 0.1) is 6.92 Å². The Bertz CT molecular complexity index is 331. The van der Waals surface area contributed by atoms with Gasteiger partial charge < -0.3 is 9.88 Å². The van der Waals surface area contributed by atoms with Crippen molar-refractivity contribution >= 4 is 5.91 Å². The van der Waals surface area contributed by atoms with Gasteiger partial charge in [0.05, 0.1) is 5.69 Å². The Morgan fingerprint density at radius 3 is 2.53 bits per heavy atom. The summed E-state index contributed by atoms with van der Waals surface area (Å²) in [6.07, 6.45) is 3.82. The van der Waals surface area contributed by atoms with E-state index in [0.29, 0.717) is 6.54 Å². The van der Waals surface area contributed by atoms with Crippen molar-refractivity contribution in [2.24, 2.45) is 0 Å². The summed E-state index contributed by atoms with van der Waals surface area (Å²) in [5.74, 6) is 0.957. The summed E-state index contributed by atoms with van der Waals surface area (Å²) < 4.78 is 1.89. The molecule has 98 valence electrons. The van der Waals surface area contributed by atoms with Crippen LogP contribution in [0.4, 0.5) is 0 Å². The lowest BCUT2D eigenvalue weighted by Crippen LogP contribution is -2.28. The van der Waals surface area contributed by atoms with Gasteiger partial charge in [-0.1, -0.05) is 27.7 Å². The lowest BCUT2D eigenvalue weighted by Gasteiger charge is -2.05. The average molecular weight is 239 g/mol. The molecule has 0 radical (unpaired) electrons. The molecule has 0 aliphatic heterocycles. The van der Waals surface area contributed by atoms with Crippen LogP contribution in [-0.2, 0) is 17.8 Å². The average Bonchev–Trinajstić information content (AvgIpc) is 2.70. The van der Waals surface area contributed by atoms with Crippen molar-refractivity contribution in [2.75, 3.05) is 6.54 Å². The van der Waals surface area contributed by atoms with E-state index in [-0.39, 0.29) is 5.91 Å². The fourth-order valence-electron chi connectivity index (χ4n) is 1.38. The van der Waals surface area contributed by atoms with Crippen molar-refractivity contribution in [3.8, 4) is 0 Å². The molecule has 1 amide bonds. The van der Waals surface area contributed by atoms with E-state index in [1.54, 1.807) is 0 Å². The Morgan fingerprint density at radius 1 is 1.41 bits per heavy atom. The smallest absolute Gasteiger partial charge is 0.239 e. The topological polar surface area (TPSA) is 46.9 Å². The molecule has 0 saturated heterocycles. The van der Waals surface area contributed by atoms with Crippen molar-refractivity contribution < 1.29 is 4.79 Å². The number of imidazole rings is 1. The minimum absolute atomic E-state index is 0.0556. The van der Waals surface area contributed by atoms with E-state index in [0.717, 1.165) is 30.9 Å². The highest BCUT2D eigenvalue weighted by atomic mass is 16.1. The van der Waals surface area contributed by atoms with Crippen molar-refractivity contribution in [3.05, 3.63) is 17.7 Å². The molecule has 1 N–H and O–H groups in total. The van der Waals surface area contributed by atoms with Gasteiger partial charge in [-0.05, 0) is 19.8 Å². The molecule has 1 heterocycles. The third-order valence-corrected chi connectivity index (χ3v) is 2.27. The number of hydrogen-bond donors (Lipinski definition) is 1. The third-order valence-electron chi connectivity index (χ3n) is 2.27. The summed E-state index contributed by atoms with van der Waals surface area (Å²) in [6, 6.07) is 0. The number of amides is 1. The first-order chi connectivity index (χ1) is 8.17. The third kappa shape index (κ3) is 5.52. The molecule has 1 rings (SSSR count). The highest BCUT2D eigenvalue weighted by molar-refractivity contribution is 5.75. The standard InChI is InChI=1S/C11H19N3O.C2H6/c1-4-6-12-11(15)8-14-7-10(5-2)13-9(14)3;1-2/h7H,4-6,8H2,1-3H3,(H,12,15);1-2H3. The van der Waals surface area contributed by atoms with Crippen LogP contribution in [0.3, 0.4) is 0 Å². The van der Waals surface area contributed by atoms with Crippen LogP contribution >= 0.6 is 0 Å². The zero-order valence-corrected chi connectivity index (χ0v) is 11.7. The maximum absolute atomic E-state index is 11.5. The van der Waals surface area contributed by atoms with E-state index in [4.69, 9.17) is 0 Å². The Hall–Kier alpha value is -1.32. The predicted octanol–water partition coefficient (Wildman–Crippen LogP) is 2.31. The molecule has 4 heteroatoms. The lowest BCUT2D eigenvalue weighted by atomic mass is 10.4. The number of hydrogen-bond acceptors (Lipinski definition) is 2. The van der Waals surface area contributed by atoms with Crippen LogP contribution in [0.15, 0.2) is 6.20 Å². The van der Waals surface area contributed by atoms with Gasteiger partial charge in [-0.2, -0.15) is 0 Å². The van der Waals surface area contributed by atoms with Crippen LogP contribution in [-0.4, -0.2) is 22.0 Å². The van der Waals surface area contributed by atoms with E-state index >= 15 is 0 Å². The number of aryl methyl sites for hydroxylation is 2. The summed E-state index contributed by atoms with van der Waals surface area (Å²) in [5, 5.41) is 2.85. The zero-order chi connectivity index (χ0) is 13.3. The summed E-state index contributed by atoms with van der Waals surface area (Å²) in [5.41, 5.74) is 1.04. The Morgan fingerprint density at radius 2 is 2.06 bits per heavy atom. The first-order valence-electron chi connectivity index (χ1n) is 6.46. The van der Waals surface area contributed by atoms with Crippen LogP contribution in [0.5, 0.6) is 0 Å². The number of carbonyl (C=O) groups is 1. The largest absolute Gasteiger partial charge is 0.355 e. The quantitative estimate of drug-likeness (QED) is 0.857. The van der Waals surface area contributed by atoms with Crippen molar-refractivity contribution in [1.82, 2.24) is 14.9 Å². The molecule has 0 atom stereocenters. The molecule has 0 unspecified atom stereocenters. The second-order valence-corrected chi connectivity index (χ2v) is 3.61. The number of rotatable bonds is 5. The second kappa shape index (κ2) is 8.79. The molecule has 0 aliphatic carbocycles. The first kappa shape index (κ1) is 15.7. The SMILES string of the molecule is CC.CCCNC(=O)Cn1cc(CC)nc1C. The molecule has 0 aromatic carbocycles. The Kier molecular flexibility index (Phi) is 8.11. The summed E-state index contributed by atoms with van der Waals surface area (Å²) in [6.45, 7) is 11.1. The summed E-state index contributed by atoms with van der Waals surface area (Å²) >= 11 is 0. The van der Waals surface area contributed by atoms with Crippen LogP contribution in [0.2, 0.25) is 0 Å². The van der Waals surface area contributed by atoms with Crippen molar-refractivity contribution in [1.29, 1.82) is 0 Å². The molecule has 0 saturated carbocycles. The molecule has 0 fully saturated rings. The van der Waals surface area contributed by atoms with Crippen LogP contribution in [0.25, 0.3) is 0 Å². The minimum Gasteiger partial charge on any atom is -0.355 e. The first-order valence-corrected chi connectivity index (χ1v) is 6.46. The number of nitrogens with one attached hydrogen (secondary N) is 1. The van der Waals surface area contributed by atoms with Gasteiger partial charge in [0.2, 0.25) is 5.91 Å². The number of nitrogens with zero attached hydrogens (tertiary/aromatic N) is 2. The molecule has 0 spiro atoms. The molecule has 1 aromatic rings. The van der Waals surface area contributed by atoms with E-state index in [2.05, 4.69) is 17.2 Å². The van der Waals surface area contributed by atoms with Crippen molar-refractivity contribution in [3.63, 3.8) is 0 Å². The van der Waals surface area contributed by atoms with Gasteiger partial charge in [-0.25, -0.2) is 4.98 Å². The predicted molar refractivity (Wildman–Crippen MR) is 71.0 cm³/mol. The molecular formula is C13H25N3O. The van der Waals surface area contributed by atoms with Gasteiger partial charge in [-0.3, -0.25) is 4.79 Å². The maximum Gasteiger partial charge on any atom is 0.239 e. The van der Waals surface area contributed by atoms with E-state index in [1.165, 1.54) is 0 Å². The molecule has 0 aliphatic rings. The van der Waals surface area contributed by atoms with Gasteiger partial charge in [-0.15, -0.1) is 0 Å². The highest BCUT2D eigenvalue weighted by Crippen LogP contribution is 2.02. The van der Waals surface area contributed by atoms with Gasteiger partial charge in [0.15, 0.2) is 0 Å². The normalized spacial score (nSPS) is 9.47. The Balaban J connectivity index is 0.00000121. The van der Waals surface area contributed by atoms with Crippen molar-refractivity contribution in [2.45, 2.75) is 54.0 Å². The van der Waals surface area contributed by atoms with E-state index in [9.17, 15) is 4.79 Å². The fourth-order valence-corrected chi connectivity index (χ4v) is 1.38. The summed E-state index contributed by atoms with van der Waals surface area (Å²) in [7, 11) is 0. The minimum atomic E-state index is 0.0556. The van der Waals surface area contributed by atoms with Gasteiger partial charge in [0.1, 0.15) is 12.4 Å². The molecule has 0 bridgehead atoms. The van der Waals surface area contributed by atoms with Gasteiger partial charge in [0.25, 0.3) is 0 Å². The van der Waals surface area contributed by atoms with E-state index < -0.39 is 0 Å². The van der Waals surface area contributed by atoms with E-state index in [1.807, 2.05) is 38.5 Å². The van der Waals surface area contributed by atoms with Crippen LogP contribution in [0.1, 0.15) is 45.6 Å². The zero-order valence-electron chi connectivity index (χ0n) is 11.7. The summed E-state index contributed by atoms with van der Waals surface area (Å²) in [4.78, 5) is 15.8. The fraction of sp³-hybridized carbons (Fsp3) is 0.692. The monoisotopic (exact) mass is 239 g/mol. The Labute approximate surface area is 104 Å².